The maximum absolute atomic E-state index is 12.3. The van der Waals surface area contributed by atoms with E-state index < -0.39 is 0 Å². The molecular formula is C23H34O4. The van der Waals surface area contributed by atoms with Crippen LogP contribution in [0.2, 0.25) is 0 Å². The van der Waals surface area contributed by atoms with Gasteiger partial charge in [-0.3, -0.25) is 14.4 Å². The first-order valence-corrected chi connectivity index (χ1v) is 10.9. The maximum atomic E-state index is 12.3. The van der Waals surface area contributed by atoms with Crippen molar-refractivity contribution >= 4 is 17.5 Å². The van der Waals surface area contributed by atoms with Crippen molar-refractivity contribution in [3.63, 3.8) is 0 Å². The lowest BCUT2D eigenvalue weighted by atomic mass is 9.44. The van der Waals surface area contributed by atoms with Crippen molar-refractivity contribution in [3.8, 4) is 0 Å². The Morgan fingerprint density at radius 3 is 2.33 bits per heavy atom. The van der Waals surface area contributed by atoms with Crippen molar-refractivity contribution < 1.29 is 19.1 Å². The molecule has 4 saturated carbocycles. The summed E-state index contributed by atoms with van der Waals surface area (Å²) >= 11 is 0. The van der Waals surface area contributed by atoms with Crippen molar-refractivity contribution in [2.24, 2.45) is 40.4 Å². The van der Waals surface area contributed by atoms with Crippen molar-refractivity contribution in [2.75, 3.05) is 0 Å². The minimum atomic E-state index is -0.231. The normalized spacial score (nSPS) is 49.0. The lowest BCUT2D eigenvalue weighted by molar-refractivity contribution is -0.186. The average molecular weight is 375 g/mol. The molecule has 0 heterocycles. The number of carbonyl (C=O) groups is 3. The fourth-order valence-electron chi connectivity index (χ4n) is 8.07. The summed E-state index contributed by atoms with van der Waals surface area (Å²) in [6.07, 6.45) is 7.29. The maximum Gasteiger partial charge on any atom is 0.302 e. The monoisotopic (exact) mass is 374 g/mol. The van der Waals surface area contributed by atoms with E-state index in [-0.39, 0.29) is 34.7 Å². The van der Waals surface area contributed by atoms with E-state index in [0.717, 1.165) is 38.5 Å². The van der Waals surface area contributed by atoms with Gasteiger partial charge in [0.2, 0.25) is 0 Å². The van der Waals surface area contributed by atoms with Crippen LogP contribution in [0, 0.1) is 40.4 Å². The second-order valence-electron chi connectivity index (χ2n) is 10.4. The van der Waals surface area contributed by atoms with Crippen LogP contribution < -0.4 is 0 Å². The summed E-state index contributed by atoms with van der Waals surface area (Å²) in [6, 6.07) is 0. The molecule has 0 amide bonds. The van der Waals surface area contributed by atoms with Crippen LogP contribution in [-0.2, 0) is 19.1 Å². The van der Waals surface area contributed by atoms with Crippen LogP contribution in [0.4, 0.5) is 0 Å². The zero-order valence-electron chi connectivity index (χ0n) is 17.3. The van der Waals surface area contributed by atoms with Crippen LogP contribution in [0.3, 0.4) is 0 Å². The molecule has 8 atom stereocenters. The first kappa shape index (κ1) is 19.1. The zero-order valence-corrected chi connectivity index (χ0v) is 17.3. The van der Waals surface area contributed by atoms with Gasteiger partial charge >= 0.3 is 5.97 Å². The smallest absolute Gasteiger partial charge is 0.302 e. The third-order valence-electron chi connectivity index (χ3n) is 9.28. The Morgan fingerprint density at radius 1 is 0.963 bits per heavy atom. The number of carbonyl (C=O) groups excluding carboxylic acids is 3. The van der Waals surface area contributed by atoms with Crippen molar-refractivity contribution in [1.82, 2.24) is 0 Å². The van der Waals surface area contributed by atoms with Crippen LogP contribution in [0.15, 0.2) is 0 Å². The van der Waals surface area contributed by atoms with Crippen LogP contribution in [0.25, 0.3) is 0 Å². The van der Waals surface area contributed by atoms with E-state index in [1.54, 1.807) is 6.92 Å². The topological polar surface area (TPSA) is 60.4 Å². The van der Waals surface area contributed by atoms with Gasteiger partial charge in [0.15, 0.2) is 0 Å². The minimum absolute atomic E-state index is 0.0760. The Balaban J connectivity index is 1.69. The Bertz CT molecular complexity index is 669. The predicted molar refractivity (Wildman–Crippen MR) is 102 cm³/mol. The minimum Gasteiger partial charge on any atom is -0.462 e. The quantitative estimate of drug-likeness (QED) is 0.675. The molecule has 4 fully saturated rings. The number of rotatable bonds is 2. The highest BCUT2D eigenvalue weighted by Gasteiger charge is 2.63. The van der Waals surface area contributed by atoms with Gasteiger partial charge in [-0.15, -0.1) is 0 Å². The molecule has 0 aliphatic heterocycles. The van der Waals surface area contributed by atoms with E-state index in [1.807, 2.05) is 0 Å². The SMILES string of the molecule is CC(=O)O[C@H]1C[C@@H]2[C@H](CC[C@]3(C)[C@@H](C(C)=O)CC[C@@H]23)[C@@]2(C)CCC(=O)C[C@H]12. The van der Waals surface area contributed by atoms with E-state index in [4.69, 9.17) is 4.74 Å². The molecule has 0 unspecified atom stereocenters. The lowest BCUT2D eigenvalue weighted by Crippen LogP contribution is -2.58. The molecule has 0 aromatic rings. The van der Waals surface area contributed by atoms with Crippen molar-refractivity contribution in [1.29, 1.82) is 0 Å². The van der Waals surface area contributed by atoms with Gasteiger partial charge in [0.05, 0.1) is 0 Å². The highest BCUT2D eigenvalue weighted by atomic mass is 16.5. The highest BCUT2D eigenvalue weighted by Crippen LogP contribution is 2.67. The number of fused-ring (bicyclic) bond motifs is 5. The Morgan fingerprint density at radius 2 is 1.67 bits per heavy atom. The van der Waals surface area contributed by atoms with E-state index in [0.29, 0.717) is 42.2 Å². The van der Waals surface area contributed by atoms with Gasteiger partial charge in [0, 0.05) is 31.6 Å². The summed E-state index contributed by atoms with van der Waals surface area (Å²) in [5.41, 5.74) is 0.175. The summed E-state index contributed by atoms with van der Waals surface area (Å²) in [6.45, 7) is 7.95. The first-order chi connectivity index (χ1) is 12.7. The van der Waals surface area contributed by atoms with E-state index in [1.165, 1.54) is 6.92 Å². The van der Waals surface area contributed by atoms with Crippen LogP contribution in [0.1, 0.15) is 79.1 Å². The fraction of sp³-hybridized carbons (Fsp3) is 0.870. The standard InChI is InChI=1S/C23H34O4/c1-13(24)17-5-6-18-16-12-21(27-14(2)25)20-11-15(26)7-9-23(20,4)19(16)8-10-22(17,18)3/h16-21H,5-12H2,1-4H3/t16-,17+,18-,19-,20+,21-,22+,23+/m0/s1. The third-order valence-corrected chi connectivity index (χ3v) is 9.28. The van der Waals surface area contributed by atoms with Crippen LogP contribution in [-0.4, -0.2) is 23.6 Å². The molecule has 4 aliphatic rings. The molecule has 150 valence electrons. The summed E-state index contributed by atoms with van der Waals surface area (Å²) in [5, 5.41) is 0. The number of hydrogen-bond donors (Lipinski definition) is 0. The Kier molecular flexibility index (Phi) is 4.55. The van der Waals surface area contributed by atoms with Gasteiger partial charge < -0.3 is 4.74 Å². The molecular weight excluding hydrogens is 340 g/mol. The summed E-state index contributed by atoms with van der Waals surface area (Å²) in [5.74, 6) is 2.43. The molecule has 0 aromatic heterocycles. The highest BCUT2D eigenvalue weighted by molar-refractivity contribution is 5.80. The average Bonchev–Trinajstić information content (AvgIpc) is 2.93. The number of hydrogen-bond acceptors (Lipinski definition) is 4. The predicted octanol–water partition coefficient (Wildman–Crippen LogP) is 4.35. The molecule has 4 nitrogen and oxygen atoms in total. The second kappa shape index (κ2) is 6.42. The van der Waals surface area contributed by atoms with Gasteiger partial charge in [-0.25, -0.2) is 0 Å². The second-order valence-corrected chi connectivity index (χ2v) is 10.4. The Hall–Kier alpha value is -1.19. The fourth-order valence-corrected chi connectivity index (χ4v) is 8.07. The molecule has 0 radical (unpaired) electrons. The lowest BCUT2D eigenvalue weighted by Gasteiger charge is -2.61. The van der Waals surface area contributed by atoms with Gasteiger partial charge in [-0.2, -0.15) is 0 Å². The zero-order chi connectivity index (χ0) is 19.6. The van der Waals surface area contributed by atoms with Gasteiger partial charge in [-0.1, -0.05) is 13.8 Å². The summed E-state index contributed by atoms with van der Waals surface area (Å²) < 4.78 is 5.82. The molecule has 0 aromatic carbocycles. The molecule has 0 spiro atoms. The number of esters is 1. The number of ketones is 2. The first-order valence-electron chi connectivity index (χ1n) is 10.9. The molecule has 0 saturated heterocycles. The third kappa shape index (κ3) is 2.81. The van der Waals surface area contributed by atoms with Gasteiger partial charge in [-0.05, 0) is 74.0 Å². The van der Waals surface area contributed by atoms with Crippen LogP contribution in [0.5, 0.6) is 0 Å². The molecule has 0 bridgehead atoms. The number of ether oxygens (including phenoxy) is 1. The van der Waals surface area contributed by atoms with E-state index in [9.17, 15) is 14.4 Å². The Labute approximate surface area is 162 Å². The van der Waals surface area contributed by atoms with Crippen molar-refractivity contribution in [2.45, 2.75) is 85.2 Å². The van der Waals surface area contributed by atoms with Gasteiger partial charge in [0.1, 0.15) is 17.7 Å². The van der Waals surface area contributed by atoms with Crippen molar-refractivity contribution in [3.05, 3.63) is 0 Å². The molecule has 4 heteroatoms. The van der Waals surface area contributed by atoms with E-state index >= 15 is 0 Å². The van der Waals surface area contributed by atoms with Crippen LogP contribution >= 0.6 is 0 Å². The van der Waals surface area contributed by atoms with E-state index in [2.05, 4.69) is 13.8 Å². The molecule has 4 rings (SSSR count). The molecule has 27 heavy (non-hydrogen) atoms. The summed E-state index contributed by atoms with van der Waals surface area (Å²) in [7, 11) is 0. The molecule has 0 N–H and O–H groups in total. The van der Waals surface area contributed by atoms with Gasteiger partial charge in [0.25, 0.3) is 0 Å². The summed E-state index contributed by atoms with van der Waals surface area (Å²) in [4.78, 5) is 36.3. The molecule has 4 aliphatic carbocycles. The number of Topliss-reactive ketones (excluding diaryl/α,β-unsaturated/α-hetero) is 2. The largest absolute Gasteiger partial charge is 0.462 e.